The van der Waals surface area contributed by atoms with Gasteiger partial charge < -0.3 is 0 Å². The summed E-state index contributed by atoms with van der Waals surface area (Å²) in [6, 6.07) is 17.8. The van der Waals surface area contributed by atoms with E-state index in [-0.39, 0.29) is 11.8 Å². The average molecular weight is 379 g/mol. The number of nitrogens with one attached hydrogen (secondary N) is 2. The molecule has 138 valence electrons. The minimum Gasteiger partial charge on any atom is -0.273 e. The number of hydrogen-bond acceptors (Lipinski definition) is 4. The Morgan fingerprint density at radius 1 is 0.963 bits per heavy atom. The molecule has 0 fully saturated rings. The van der Waals surface area contributed by atoms with Crippen LogP contribution in [0.15, 0.2) is 54.6 Å². The number of carbonyl (C=O) groups is 2. The first-order valence-electron chi connectivity index (χ1n) is 8.70. The number of hydrazine groups is 1. The highest BCUT2D eigenvalue weighted by Crippen LogP contribution is 2.27. The number of benzene rings is 2. The Hall–Kier alpha value is -2.99. The summed E-state index contributed by atoms with van der Waals surface area (Å²) in [5, 5.41) is 0.781. The second-order valence-electron chi connectivity index (χ2n) is 6.29. The normalized spacial score (nSPS) is 10.4. The van der Waals surface area contributed by atoms with E-state index in [0.717, 1.165) is 16.1 Å². The molecular weight excluding hydrogens is 358 g/mol. The van der Waals surface area contributed by atoms with E-state index >= 15 is 0 Å². The fourth-order valence-electron chi connectivity index (χ4n) is 2.57. The van der Waals surface area contributed by atoms with Gasteiger partial charge >= 0.3 is 0 Å². The molecule has 2 amide bonds. The Kier molecular flexibility index (Phi) is 5.98. The number of rotatable bonds is 5. The highest BCUT2D eigenvalue weighted by Gasteiger charge is 2.16. The van der Waals surface area contributed by atoms with Gasteiger partial charge in [0.05, 0.1) is 5.69 Å². The average Bonchev–Trinajstić information content (AvgIpc) is 3.08. The fraction of sp³-hybridized carbons (Fsp3) is 0.190. The van der Waals surface area contributed by atoms with Crippen LogP contribution in [-0.2, 0) is 11.2 Å². The first-order chi connectivity index (χ1) is 13.0. The van der Waals surface area contributed by atoms with Gasteiger partial charge in [0.15, 0.2) is 0 Å². The Morgan fingerprint density at radius 3 is 2.37 bits per heavy atom. The predicted molar refractivity (Wildman–Crippen MR) is 107 cm³/mol. The zero-order valence-corrected chi connectivity index (χ0v) is 16.1. The van der Waals surface area contributed by atoms with E-state index in [1.54, 1.807) is 6.92 Å². The van der Waals surface area contributed by atoms with Gasteiger partial charge in [-0.15, -0.1) is 11.3 Å². The van der Waals surface area contributed by atoms with Crippen LogP contribution >= 0.6 is 11.3 Å². The van der Waals surface area contributed by atoms with E-state index in [1.807, 2.05) is 61.5 Å². The number of amides is 2. The van der Waals surface area contributed by atoms with Crippen LogP contribution in [0.2, 0.25) is 0 Å². The third-order valence-electron chi connectivity index (χ3n) is 4.10. The molecule has 0 radical (unpaired) electrons. The molecule has 0 spiro atoms. The molecule has 0 unspecified atom stereocenters. The van der Waals surface area contributed by atoms with E-state index in [2.05, 4.69) is 15.8 Å². The lowest BCUT2D eigenvalue weighted by Gasteiger charge is -2.07. The number of carbonyl (C=O) groups excluding carboxylic acids is 2. The van der Waals surface area contributed by atoms with Crippen molar-refractivity contribution in [2.45, 2.75) is 26.7 Å². The molecule has 0 bridgehead atoms. The third kappa shape index (κ3) is 5.01. The van der Waals surface area contributed by atoms with Gasteiger partial charge in [-0.2, -0.15) is 0 Å². The second kappa shape index (κ2) is 8.60. The van der Waals surface area contributed by atoms with Crippen molar-refractivity contribution in [3.63, 3.8) is 0 Å². The largest absolute Gasteiger partial charge is 0.281 e. The van der Waals surface area contributed by atoms with Crippen molar-refractivity contribution < 1.29 is 9.59 Å². The van der Waals surface area contributed by atoms with Crippen LogP contribution in [0.1, 0.15) is 32.9 Å². The smallest absolute Gasteiger partial charge is 0.273 e. The van der Waals surface area contributed by atoms with Crippen LogP contribution in [0.25, 0.3) is 10.6 Å². The molecule has 6 heteroatoms. The maximum Gasteiger partial charge on any atom is 0.281 e. The van der Waals surface area contributed by atoms with Crippen molar-refractivity contribution in [2.75, 3.05) is 0 Å². The Bertz CT molecular complexity index is 934. The first kappa shape index (κ1) is 18.8. The van der Waals surface area contributed by atoms with Gasteiger partial charge in [0.2, 0.25) is 5.91 Å². The fourth-order valence-corrected chi connectivity index (χ4v) is 3.54. The molecule has 3 rings (SSSR count). The predicted octanol–water partition coefficient (Wildman–Crippen LogP) is 3.82. The van der Waals surface area contributed by atoms with Crippen molar-refractivity contribution in [1.82, 2.24) is 15.8 Å². The maximum absolute atomic E-state index is 12.4. The topological polar surface area (TPSA) is 71.1 Å². The lowest BCUT2D eigenvalue weighted by molar-refractivity contribution is -0.121. The summed E-state index contributed by atoms with van der Waals surface area (Å²) in [5.41, 5.74) is 8.85. The SMILES string of the molecule is Cc1ccc(CCC(=O)NNC(=O)c2sc(-c3ccccc3)nc2C)cc1. The van der Waals surface area contributed by atoms with Gasteiger partial charge in [-0.25, -0.2) is 4.98 Å². The lowest BCUT2D eigenvalue weighted by Crippen LogP contribution is -2.41. The van der Waals surface area contributed by atoms with Crippen LogP contribution in [0.4, 0.5) is 0 Å². The lowest BCUT2D eigenvalue weighted by atomic mass is 10.1. The minimum atomic E-state index is -0.351. The van der Waals surface area contributed by atoms with Gasteiger partial charge in [-0.1, -0.05) is 60.2 Å². The molecule has 5 nitrogen and oxygen atoms in total. The van der Waals surface area contributed by atoms with Crippen LogP contribution in [0, 0.1) is 13.8 Å². The number of thiazole rings is 1. The molecule has 0 saturated carbocycles. The van der Waals surface area contributed by atoms with Crippen molar-refractivity contribution >= 4 is 23.2 Å². The van der Waals surface area contributed by atoms with Crippen LogP contribution in [0.5, 0.6) is 0 Å². The van der Waals surface area contributed by atoms with Gasteiger partial charge in [-0.05, 0) is 25.8 Å². The van der Waals surface area contributed by atoms with E-state index in [1.165, 1.54) is 16.9 Å². The summed E-state index contributed by atoms with van der Waals surface area (Å²) in [7, 11) is 0. The highest BCUT2D eigenvalue weighted by atomic mass is 32.1. The summed E-state index contributed by atoms with van der Waals surface area (Å²) in [4.78, 5) is 29.3. The van der Waals surface area contributed by atoms with Crippen molar-refractivity contribution in [1.29, 1.82) is 0 Å². The number of hydrogen-bond donors (Lipinski definition) is 2. The Balaban J connectivity index is 1.54. The standard InChI is InChI=1S/C21H21N3O2S/c1-14-8-10-16(11-9-14)12-13-18(25)23-24-20(26)19-15(2)22-21(27-19)17-6-4-3-5-7-17/h3-11H,12-13H2,1-2H3,(H,23,25)(H,24,26). The number of nitrogens with zero attached hydrogens (tertiary/aromatic N) is 1. The second-order valence-corrected chi connectivity index (χ2v) is 7.29. The zero-order valence-electron chi connectivity index (χ0n) is 15.3. The highest BCUT2D eigenvalue weighted by molar-refractivity contribution is 7.17. The summed E-state index contributed by atoms with van der Waals surface area (Å²) in [6.07, 6.45) is 0.931. The van der Waals surface area contributed by atoms with E-state index in [0.29, 0.717) is 23.4 Å². The zero-order chi connectivity index (χ0) is 19.2. The number of aryl methyl sites for hydroxylation is 3. The van der Waals surface area contributed by atoms with E-state index in [4.69, 9.17) is 0 Å². The monoisotopic (exact) mass is 379 g/mol. The van der Waals surface area contributed by atoms with Gasteiger partial charge in [0.1, 0.15) is 9.88 Å². The van der Waals surface area contributed by atoms with Gasteiger partial charge in [0, 0.05) is 12.0 Å². The quantitative estimate of drug-likeness (QED) is 0.662. The minimum absolute atomic E-state index is 0.227. The molecule has 0 atom stereocenters. The molecule has 3 aromatic rings. The Labute approximate surface area is 162 Å². The molecular formula is C21H21N3O2S. The summed E-state index contributed by atoms with van der Waals surface area (Å²) >= 11 is 1.31. The molecule has 1 aromatic heterocycles. The molecule has 0 aliphatic rings. The summed E-state index contributed by atoms with van der Waals surface area (Å²) < 4.78 is 0. The molecule has 1 heterocycles. The van der Waals surface area contributed by atoms with Crippen molar-refractivity contribution in [3.8, 4) is 10.6 Å². The van der Waals surface area contributed by atoms with Crippen molar-refractivity contribution in [2.24, 2.45) is 0 Å². The molecule has 27 heavy (non-hydrogen) atoms. The number of aromatic nitrogens is 1. The van der Waals surface area contributed by atoms with Crippen molar-refractivity contribution in [3.05, 3.63) is 76.3 Å². The molecule has 2 aromatic carbocycles. The Morgan fingerprint density at radius 2 is 1.67 bits per heavy atom. The van der Waals surface area contributed by atoms with Crippen LogP contribution in [0.3, 0.4) is 0 Å². The van der Waals surface area contributed by atoms with Crippen LogP contribution in [-0.4, -0.2) is 16.8 Å². The third-order valence-corrected chi connectivity index (χ3v) is 5.31. The molecule has 2 N–H and O–H groups in total. The summed E-state index contributed by atoms with van der Waals surface area (Å²) in [5.74, 6) is -0.578. The first-order valence-corrected chi connectivity index (χ1v) is 9.52. The van der Waals surface area contributed by atoms with Gasteiger partial charge in [0.25, 0.3) is 5.91 Å². The summed E-state index contributed by atoms with van der Waals surface area (Å²) in [6.45, 7) is 3.81. The molecule has 0 aliphatic carbocycles. The maximum atomic E-state index is 12.4. The molecule has 0 aliphatic heterocycles. The van der Waals surface area contributed by atoms with E-state index < -0.39 is 0 Å². The van der Waals surface area contributed by atoms with E-state index in [9.17, 15) is 9.59 Å². The molecule has 0 saturated heterocycles. The van der Waals surface area contributed by atoms with Crippen LogP contribution < -0.4 is 10.9 Å². The van der Waals surface area contributed by atoms with Gasteiger partial charge in [-0.3, -0.25) is 20.4 Å².